The maximum atomic E-state index is 12.3. The number of thiophene rings is 1. The number of carbonyl (C=O) groups excluding carboxylic acids is 1. The zero-order valence-corrected chi connectivity index (χ0v) is 17.7. The largest absolute Gasteiger partial charge is 0.494 e. The molecular formula is C18H17BrN4O2S2. The number of benzene rings is 1. The third-order valence-corrected chi connectivity index (χ3v) is 5.72. The van der Waals surface area contributed by atoms with Crippen LogP contribution >= 0.6 is 38.6 Å². The molecule has 0 saturated carbocycles. The highest BCUT2D eigenvalue weighted by Gasteiger charge is 2.10. The normalized spacial score (nSPS) is 11.0. The minimum atomic E-state index is -0.246. The summed E-state index contributed by atoms with van der Waals surface area (Å²) in [5.74, 6) is 0.511. The summed E-state index contributed by atoms with van der Waals surface area (Å²) in [5, 5.41) is 11.6. The van der Waals surface area contributed by atoms with Gasteiger partial charge in [0.05, 0.1) is 10.4 Å². The number of hydrogen-bond donors (Lipinski definition) is 1. The molecule has 0 fully saturated rings. The van der Waals surface area contributed by atoms with Crippen LogP contribution in [0.25, 0.3) is 0 Å². The van der Waals surface area contributed by atoms with Gasteiger partial charge >= 0.3 is 0 Å². The fourth-order valence-electron chi connectivity index (χ4n) is 2.04. The summed E-state index contributed by atoms with van der Waals surface area (Å²) in [5.41, 5.74) is 0.529. The Morgan fingerprint density at radius 3 is 2.74 bits per heavy atom. The van der Waals surface area contributed by atoms with E-state index in [0.717, 1.165) is 27.3 Å². The van der Waals surface area contributed by atoms with E-state index in [1.54, 1.807) is 41.8 Å². The van der Waals surface area contributed by atoms with Crippen LogP contribution in [0, 0.1) is 0 Å². The van der Waals surface area contributed by atoms with E-state index in [1.807, 2.05) is 12.1 Å². The van der Waals surface area contributed by atoms with E-state index in [9.17, 15) is 4.79 Å². The number of halogens is 1. The Kier molecular flexibility index (Phi) is 7.08. The minimum Gasteiger partial charge on any atom is -0.494 e. The molecule has 3 rings (SSSR count). The van der Waals surface area contributed by atoms with E-state index in [-0.39, 0.29) is 5.91 Å². The lowest BCUT2D eigenvalue weighted by atomic mass is 10.2. The molecule has 0 aliphatic carbocycles. The van der Waals surface area contributed by atoms with Crippen molar-refractivity contribution in [3.05, 3.63) is 50.6 Å². The first-order chi connectivity index (χ1) is 13.1. The van der Waals surface area contributed by atoms with E-state index >= 15 is 0 Å². The number of aromatic nitrogens is 2. The van der Waals surface area contributed by atoms with Crippen molar-refractivity contribution in [1.82, 2.24) is 10.2 Å². The van der Waals surface area contributed by atoms with Crippen molar-refractivity contribution < 1.29 is 9.53 Å². The fraction of sp³-hybridized carbons (Fsp3) is 0.222. The molecular weight excluding hydrogens is 448 g/mol. The lowest BCUT2D eigenvalue weighted by molar-refractivity contribution is 0.102. The number of aliphatic imine (C=N–C) groups is 1. The highest BCUT2D eigenvalue weighted by atomic mass is 79.9. The third kappa shape index (κ3) is 5.95. The van der Waals surface area contributed by atoms with E-state index < -0.39 is 0 Å². The van der Waals surface area contributed by atoms with Crippen molar-refractivity contribution in [2.45, 2.75) is 19.8 Å². The molecule has 27 heavy (non-hydrogen) atoms. The van der Waals surface area contributed by atoms with Gasteiger partial charge in [0.15, 0.2) is 0 Å². The molecule has 0 atom stereocenters. The summed E-state index contributed by atoms with van der Waals surface area (Å²) in [4.78, 5) is 17.6. The standard InChI is InChI=1S/C18H17BrN4O2S2/c1-2-3-10-25-13-6-4-12(5-7-13)16(24)21-18-23-22-17(27-18)20-11-14-8-9-15(19)26-14/h4-9,11H,2-3,10H2,1H3,(H,21,23,24). The number of rotatable bonds is 8. The van der Waals surface area contributed by atoms with Crippen LogP contribution in [0.5, 0.6) is 5.75 Å². The number of amides is 1. The first-order valence-corrected chi connectivity index (χ1v) is 10.7. The first kappa shape index (κ1) is 19.7. The quantitative estimate of drug-likeness (QED) is 0.350. The second-order valence-corrected chi connectivity index (χ2v) is 8.92. The molecule has 2 aromatic heterocycles. The summed E-state index contributed by atoms with van der Waals surface area (Å²) in [6, 6.07) is 10.9. The highest BCUT2D eigenvalue weighted by molar-refractivity contribution is 9.11. The van der Waals surface area contributed by atoms with Crippen LogP contribution in [0.3, 0.4) is 0 Å². The van der Waals surface area contributed by atoms with Crippen molar-refractivity contribution in [1.29, 1.82) is 0 Å². The van der Waals surface area contributed by atoms with Crippen LogP contribution in [0.1, 0.15) is 35.0 Å². The maximum absolute atomic E-state index is 12.3. The van der Waals surface area contributed by atoms with Gasteiger partial charge in [-0.3, -0.25) is 10.1 Å². The zero-order valence-electron chi connectivity index (χ0n) is 14.5. The van der Waals surface area contributed by atoms with Gasteiger partial charge in [-0.2, -0.15) is 0 Å². The van der Waals surface area contributed by atoms with Crippen molar-refractivity contribution in [3.8, 4) is 5.75 Å². The molecule has 0 aliphatic heterocycles. The number of anilines is 1. The predicted octanol–water partition coefficient (Wildman–Crippen LogP) is 5.54. The van der Waals surface area contributed by atoms with Crippen LogP contribution in [0.4, 0.5) is 10.3 Å². The molecule has 3 aromatic rings. The smallest absolute Gasteiger partial charge is 0.257 e. The number of unbranched alkanes of at least 4 members (excludes halogenated alkanes) is 1. The Balaban J connectivity index is 1.56. The molecule has 0 saturated heterocycles. The fourth-order valence-corrected chi connectivity index (χ4v) is 3.92. The van der Waals surface area contributed by atoms with Gasteiger partial charge in [-0.25, -0.2) is 4.99 Å². The topological polar surface area (TPSA) is 76.5 Å². The van der Waals surface area contributed by atoms with Gasteiger partial charge in [0.2, 0.25) is 10.3 Å². The van der Waals surface area contributed by atoms with E-state index in [0.29, 0.717) is 22.4 Å². The van der Waals surface area contributed by atoms with Crippen LogP contribution in [0.2, 0.25) is 0 Å². The van der Waals surface area contributed by atoms with Crippen molar-refractivity contribution in [3.63, 3.8) is 0 Å². The predicted molar refractivity (Wildman–Crippen MR) is 114 cm³/mol. The first-order valence-electron chi connectivity index (χ1n) is 8.31. The molecule has 0 aliphatic rings. The minimum absolute atomic E-state index is 0.246. The Morgan fingerprint density at radius 2 is 2.04 bits per heavy atom. The second-order valence-electron chi connectivity index (χ2n) is 5.47. The van der Waals surface area contributed by atoms with Gasteiger partial charge in [0.25, 0.3) is 5.91 Å². The average Bonchev–Trinajstić information content (AvgIpc) is 3.29. The summed E-state index contributed by atoms with van der Waals surface area (Å²) in [7, 11) is 0. The van der Waals surface area contributed by atoms with Crippen LogP contribution in [-0.4, -0.2) is 28.9 Å². The van der Waals surface area contributed by atoms with E-state index in [4.69, 9.17) is 4.74 Å². The van der Waals surface area contributed by atoms with E-state index in [2.05, 4.69) is 43.4 Å². The number of carbonyl (C=O) groups is 1. The molecule has 2 heterocycles. The monoisotopic (exact) mass is 464 g/mol. The lowest BCUT2D eigenvalue weighted by Crippen LogP contribution is -2.11. The van der Waals surface area contributed by atoms with Crippen LogP contribution in [0.15, 0.2) is 45.2 Å². The highest BCUT2D eigenvalue weighted by Crippen LogP contribution is 2.25. The summed E-state index contributed by atoms with van der Waals surface area (Å²) >= 11 is 6.20. The van der Waals surface area contributed by atoms with E-state index in [1.165, 1.54) is 11.3 Å². The summed E-state index contributed by atoms with van der Waals surface area (Å²) in [6.07, 6.45) is 3.81. The number of hydrogen-bond acceptors (Lipinski definition) is 7. The van der Waals surface area contributed by atoms with Crippen molar-refractivity contribution in [2.24, 2.45) is 4.99 Å². The molecule has 9 heteroatoms. The molecule has 1 amide bonds. The Bertz CT molecular complexity index is 922. The van der Waals surface area contributed by atoms with Gasteiger partial charge in [0, 0.05) is 16.7 Å². The molecule has 0 bridgehead atoms. The SMILES string of the molecule is CCCCOc1ccc(C(=O)Nc2nnc(N=Cc3ccc(Br)s3)s2)cc1. The Hall–Kier alpha value is -2.10. The summed E-state index contributed by atoms with van der Waals surface area (Å²) in [6.45, 7) is 2.79. The summed E-state index contributed by atoms with van der Waals surface area (Å²) < 4.78 is 6.64. The second kappa shape index (κ2) is 9.72. The van der Waals surface area contributed by atoms with Gasteiger partial charge < -0.3 is 4.74 Å². The van der Waals surface area contributed by atoms with Gasteiger partial charge in [-0.15, -0.1) is 21.5 Å². The van der Waals surface area contributed by atoms with Gasteiger partial charge in [0.1, 0.15) is 5.75 Å². The lowest BCUT2D eigenvalue weighted by Gasteiger charge is -2.06. The molecule has 140 valence electrons. The molecule has 1 aromatic carbocycles. The van der Waals surface area contributed by atoms with Crippen LogP contribution < -0.4 is 10.1 Å². The number of nitrogens with zero attached hydrogens (tertiary/aromatic N) is 3. The van der Waals surface area contributed by atoms with Crippen molar-refractivity contribution in [2.75, 3.05) is 11.9 Å². The van der Waals surface area contributed by atoms with Gasteiger partial charge in [-0.05, 0) is 58.7 Å². The molecule has 0 spiro atoms. The molecule has 0 radical (unpaired) electrons. The Morgan fingerprint density at radius 1 is 1.22 bits per heavy atom. The number of ether oxygens (including phenoxy) is 1. The number of nitrogens with one attached hydrogen (secondary N) is 1. The third-order valence-electron chi connectivity index (χ3n) is 3.41. The molecule has 1 N–H and O–H groups in total. The van der Waals surface area contributed by atoms with Crippen molar-refractivity contribution >= 4 is 61.0 Å². The van der Waals surface area contributed by atoms with Crippen LogP contribution in [-0.2, 0) is 0 Å². The Labute approximate surface area is 173 Å². The average molecular weight is 465 g/mol. The zero-order chi connectivity index (χ0) is 19.1. The molecule has 0 unspecified atom stereocenters. The molecule has 6 nitrogen and oxygen atoms in total. The maximum Gasteiger partial charge on any atom is 0.257 e. The van der Waals surface area contributed by atoms with Gasteiger partial charge in [-0.1, -0.05) is 24.7 Å².